The molecule has 170 valence electrons. The minimum Gasteiger partial charge on any atom is -0.355 e. The van der Waals surface area contributed by atoms with Crippen LogP contribution in [0.25, 0.3) is 10.9 Å². The Morgan fingerprint density at radius 1 is 0.939 bits per heavy atom. The van der Waals surface area contributed by atoms with Gasteiger partial charge >= 0.3 is 0 Å². The van der Waals surface area contributed by atoms with Gasteiger partial charge in [-0.15, -0.1) is 0 Å². The van der Waals surface area contributed by atoms with Crippen molar-refractivity contribution < 1.29 is 13.2 Å². The summed E-state index contributed by atoms with van der Waals surface area (Å²) in [6, 6.07) is 22.2. The highest BCUT2D eigenvalue weighted by molar-refractivity contribution is 7.89. The van der Waals surface area contributed by atoms with Gasteiger partial charge in [0.15, 0.2) is 0 Å². The first-order chi connectivity index (χ1) is 15.8. The number of sulfonamides is 1. The molecule has 0 radical (unpaired) electrons. The van der Waals surface area contributed by atoms with Gasteiger partial charge in [-0.1, -0.05) is 54.1 Å². The second kappa shape index (κ2) is 9.79. The SMILES string of the molecule is NS(=O)(=O)c1ccc(CCNC(=O)Cc2cn(Cc3ccc(Cl)cc3)c3ccccc23)cc1. The van der Waals surface area contributed by atoms with E-state index in [4.69, 9.17) is 16.7 Å². The zero-order valence-electron chi connectivity index (χ0n) is 17.9. The molecule has 3 aromatic carbocycles. The number of hydrogen-bond donors (Lipinski definition) is 2. The molecule has 4 rings (SSSR count). The fourth-order valence-electron chi connectivity index (χ4n) is 3.81. The molecule has 1 amide bonds. The first-order valence-corrected chi connectivity index (χ1v) is 12.4. The smallest absolute Gasteiger partial charge is 0.238 e. The van der Waals surface area contributed by atoms with Gasteiger partial charge in [0, 0.05) is 35.2 Å². The molecule has 6 nitrogen and oxygen atoms in total. The summed E-state index contributed by atoms with van der Waals surface area (Å²) >= 11 is 6.00. The van der Waals surface area contributed by atoms with Crippen LogP contribution in [0.3, 0.4) is 0 Å². The molecular weight excluding hydrogens is 458 g/mol. The second-order valence-corrected chi connectivity index (χ2v) is 9.89. The maximum Gasteiger partial charge on any atom is 0.238 e. The molecule has 4 aromatic rings. The number of amides is 1. The number of benzene rings is 3. The highest BCUT2D eigenvalue weighted by Gasteiger charge is 2.12. The van der Waals surface area contributed by atoms with Crippen molar-refractivity contribution >= 4 is 38.4 Å². The first-order valence-electron chi connectivity index (χ1n) is 10.5. The van der Waals surface area contributed by atoms with Crippen LogP contribution in [0.5, 0.6) is 0 Å². The molecule has 1 aromatic heterocycles. The van der Waals surface area contributed by atoms with Gasteiger partial charge in [-0.05, 0) is 53.4 Å². The lowest BCUT2D eigenvalue weighted by atomic mass is 10.1. The molecule has 0 unspecified atom stereocenters. The van der Waals surface area contributed by atoms with E-state index in [0.717, 1.165) is 27.6 Å². The molecule has 0 aliphatic rings. The number of primary sulfonamides is 1. The lowest BCUT2D eigenvalue weighted by Crippen LogP contribution is -2.27. The van der Waals surface area contributed by atoms with Crippen molar-refractivity contribution in [2.75, 3.05) is 6.54 Å². The molecule has 33 heavy (non-hydrogen) atoms. The zero-order valence-corrected chi connectivity index (χ0v) is 19.4. The number of rotatable bonds is 8. The van der Waals surface area contributed by atoms with Crippen molar-refractivity contribution in [2.24, 2.45) is 5.14 Å². The van der Waals surface area contributed by atoms with E-state index in [9.17, 15) is 13.2 Å². The maximum atomic E-state index is 12.6. The molecule has 0 bridgehead atoms. The molecule has 0 aliphatic carbocycles. The largest absolute Gasteiger partial charge is 0.355 e. The van der Waals surface area contributed by atoms with E-state index >= 15 is 0 Å². The Hall–Kier alpha value is -3.13. The van der Waals surface area contributed by atoms with E-state index in [1.54, 1.807) is 12.1 Å². The van der Waals surface area contributed by atoms with Crippen LogP contribution in [0, 0.1) is 0 Å². The Morgan fingerprint density at radius 2 is 1.61 bits per heavy atom. The van der Waals surface area contributed by atoms with Crippen molar-refractivity contribution in [3.63, 3.8) is 0 Å². The van der Waals surface area contributed by atoms with Crippen LogP contribution in [0.15, 0.2) is 83.9 Å². The van der Waals surface area contributed by atoms with Crippen molar-refractivity contribution in [3.05, 3.63) is 101 Å². The average molecular weight is 482 g/mol. The van der Waals surface area contributed by atoms with Gasteiger partial charge in [0.1, 0.15) is 0 Å². The summed E-state index contributed by atoms with van der Waals surface area (Å²) < 4.78 is 24.8. The summed E-state index contributed by atoms with van der Waals surface area (Å²) in [6.45, 7) is 1.14. The van der Waals surface area contributed by atoms with Crippen LogP contribution in [0.2, 0.25) is 5.02 Å². The molecule has 8 heteroatoms. The summed E-state index contributed by atoms with van der Waals surface area (Å²) in [7, 11) is -3.70. The van der Waals surface area contributed by atoms with Crippen LogP contribution in [-0.2, 0) is 34.2 Å². The molecular formula is C25H24ClN3O3S. The molecule has 3 N–H and O–H groups in total. The number of hydrogen-bond acceptors (Lipinski definition) is 3. The molecule has 0 fully saturated rings. The Kier molecular flexibility index (Phi) is 6.83. The number of para-hydroxylation sites is 1. The van der Waals surface area contributed by atoms with Gasteiger partial charge < -0.3 is 9.88 Å². The van der Waals surface area contributed by atoms with Crippen LogP contribution in [0.4, 0.5) is 0 Å². The predicted molar refractivity (Wildman–Crippen MR) is 131 cm³/mol. The topological polar surface area (TPSA) is 94.2 Å². The molecule has 0 aliphatic heterocycles. The summed E-state index contributed by atoms with van der Waals surface area (Å²) in [4.78, 5) is 12.7. The molecule has 0 saturated heterocycles. The summed E-state index contributed by atoms with van der Waals surface area (Å²) in [5, 5.41) is 9.83. The number of nitrogens with zero attached hydrogens (tertiary/aromatic N) is 1. The Morgan fingerprint density at radius 3 is 2.30 bits per heavy atom. The van der Waals surface area contributed by atoms with Crippen molar-refractivity contribution in [3.8, 4) is 0 Å². The third-order valence-electron chi connectivity index (χ3n) is 5.48. The Bertz CT molecular complexity index is 1380. The summed E-state index contributed by atoms with van der Waals surface area (Å²) in [5.41, 5.74) is 4.09. The molecule has 0 saturated carbocycles. The third kappa shape index (κ3) is 5.82. The number of fused-ring (bicyclic) bond motifs is 1. The van der Waals surface area contributed by atoms with Gasteiger partial charge in [0.25, 0.3) is 0 Å². The highest BCUT2D eigenvalue weighted by Crippen LogP contribution is 2.23. The van der Waals surface area contributed by atoms with Gasteiger partial charge in [-0.25, -0.2) is 13.6 Å². The number of nitrogens with one attached hydrogen (secondary N) is 1. The van der Waals surface area contributed by atoms with Crippen molar-refractivity contribution in [1.29, 1.82) is 0 Å². The lowest BCUT2D eigenvalue weighted by molar-refractivity contribution is -0.120. The molecule has 0 atom stereocenters. The number of halogens is 1. The highest BCUT2D eigenvalue weighted by atomic mass is 35.5. The minimum absolute atomic E-state index is 0.0643. The first kappa shape index (κ1) is 23.0. The average Bonchev–Trinajstić information content (AvgIpc) is 3.12. The zero-order chi connectivity index (χ0) is 23.4. The molecule has 1 heterocycles. The third-order valence-corrected chi connectivity index (χ3v) is 6.66. The van der Waals surface area contributed by atoms with E-state index in [0.29, 0.717) is 24.5 Å². The monoisotopic (exact) mass is 481 g/mol. The fourth-order valence-corrected chi connectivity index (χ4v) is 4.45. The van der Waals surface area contributed by atoms with Gasteiger partial charge in [0.2, 0.25) is 15.9 Å². The lowest BCUT2D eigenvalue weighted by Gasteiger charge is -2.06. The Labute approximate surface area is 198 Å². The van der Waals surface area contributed by atoms with E-state index < -0.39 is 10.0 Å². The minimum atomic E-state index is -3.70. The quantitative estimate of drug-likeness (QED) is 0.399. The predicted octanol–water partition coefficient (Wildman–Crippen LogP) is 3.89. The van der Waals surface area contributed by atoms with Gasteiger partial charge in [0.05, 0.1) is 11.3 Å². The van der Waals surface area contributed by atoms with Crippen molar-refractivity contribution in [2.45, 2.75) is 24.3 Å². The van der Waals surface area contributed by atoms with E-state index in [-0.39, 0.29) is 17.2 Å². The molecule has 0 spiro atoms. The fraction of sp³-hybridized carbons (Fsp3) is 0.160. The van der Waals surface area contributed by atoms with Crippen LogP contribution < -0.4 is 10.5 Å². The number of carbonyl (C=O) groups excluding carboxylic acids is 1. The normalized spacial score (nSPS) is 11.6. The second-order valence-electron chi connectivity index (χ2n) is 7.89. The maximum absolute atomic E-state index is 12.6. The van der Waals surface area contributed by atoms with Gasteiger partial charge in [-0.3, -0.25) is 4.79 Å². The Balaban J connectivity index is 1.40. The summed E-state index contributed by atoms with van der Waals surface area (Å²) in [5.74, 6) is -0.0643. The number of carbonyl (C=O) groups is 1. The standard InChI is InChI=1S/C25H24ClN3O3S/c26-21-9-5-19(6-10-21)16-29-17-20(23-3-1-2-4-24(23)29)15-25(30)28-14-13-18-7-11-22(12-8-18)33(27,31)32/h1-12,17H,13-16H2,(H,28,30)(H2,27,31,32). The number of nitrogens with two attached hydrogens (primary N) is 1. The van der Waals surface area contributed by atoms with E-state index in [2.05, 4.69) is 16.0 Å². The number of aromatic nitrogens is 1. The van der Waals surface area contributed by atoms with Crippen LogP contribution in [0.1, 0.15) is 16.7 Å². The summed E-state index contributed by atoms with van der Waals surface area (Å²) in [6.07, 6.45) is 2.90. The van der Waals surface area contributed by atoms with Gasteiger partial charge in [-0.2, -0.15) is 0 Å². The van der Waals surface area contributed by atoms with E-state index in [1.807, 2.05) is 48.7 Å². The van der Waals surface area contributed by atoms with Crippen LogP contribution >= 0.6 is 11.6 Å². The van der Waals surface area contributed by atoms with Crippen molar-refractivity contribution in [1.82, 2.24) is 9.88 Å². The van der Waals surface area contributed by atoms with E-state index in [1.165, 1.54) is 12.1 Å². The van der Waals surface area contributed by atoms with Crippen LogP contribution in [-0.4, -0.2) is 25.4 Å².